The van der Waals surface area contributed by atoms with Crippen molar-refractivity contribution in [1.82, 2.24) is 15.2 Å². The number of anilines is 4. The molecule has 1 aliphatic carbocycles. The topological polar surface area (TPSA) is 160 Å². The van der Waals surface area contributed by atoms with Gasteiger partial charge in [0.1, 0.15) is 23.4 Å². The second-order valence-electron chi connectivity index (χ2n) is 16.6. The molecule has 3 aromatic rings. The Bertz CT molecular complexity index is 2220. The average molecular weight is 883 g/mol. The molecule has 4 amide bonds. The van der Waals surface area contributed by atoms with Crippen LogP contribution in [-0.4, -0.2) is 75.8 Å². The summed E-state index contributed by atoms with van der Waals surface area (Å²) in [6.07, 6.45) is 2.01. The summed E-state index contributed by atoms with van der Waals surface area (Å²) in [6.45, 7) is 7.75. The van der Waals surface area contributed by atoms with Gasteiger partial charge in [0, 0.05) is 29.0 Å². The number of carbonyl (C=O) groups is 4. The number of rotatable bonds is 12. The van der Waals surface area contributed by atoms with Crippen molar-refractivity contribution >= 4 is 71.4 Å². The third-order valence-corrected chi connectivity index (χ3v) is 12.7. The van der Waals surface area contributed by atoms with E-state index < -0.39 is 34.5 Å². The monoisotopic (exact) mass is 882 g/mol. The number of hydrogen-bond donors (Lipinski definition) is 4. The van der Waals surface area contributed by atoms with Gasteiger partial charge in [-0.25, -0.2) is 4.98 Å². The molecule has 2 aromatic carbocycles. The van der Waals surface area contributed by atoms with Crippen molar-refractivity contribution < 1.29 is 37.1 Å². The van der Waals surface area contributed by atoms with Crippen LogP contribution in [0.15, 0.2) is 54.7 Å². The molecule has 0 radical (unpaired) electrons. The maximum Gasteiger partial charge on any atom is 0.419 e. The van der Waals surface area contributed by atoms with Crippen LogP contribution in [0.4, 0.5) is 35.9 Å². The number of nitrogens with zero attached hydrogens (tertiary/aromatic N) is 5. The van der Waals surface area contributed by atoms with Crippen molar-refractivity contribution in [2.75, 3.05) is 40.1 Å². The second-order valence-corrected chi connectivity index (χ2v) is 17.1. The summed E-state index contributed by atoms with van der Waals surface area (Å²) in [5.74, 6) is -0.0450. The number of piperidine rings is 2. The Morgan fingerprint density at radius 1 is 1.08 bits per heavy atom. The standard InChI is InChI=1S/C43H49F3N8O5S.ClH/c1-4-27-19-30(54-40(60)53(39(58)42(54)15-6-16-42)31-21-32(43(44,45)46)34(23-47)48-24-31)9-11-35(27)59-18-14-26-13-17-52(41(2,3)22-26)25-37(56)50-29-8-5-7-28(20-29)49-33-10-12-36(55)51-38(33)57;/h5,7-9,11,19-21,24,26,33,40,49,60H,4,6,10,12-18,22,25H2,1-3H3,(H,50,56)(H,51,55,57);1H/t26-,33?,40-;/m0./s1. The largest absolute Gasteiger partial charge is 0.493 e. The van der Waals surface area contributed by atoms with Crippen LogP contribution in [0.2, 0.25) is 0 Å². The van der Waals surface area contributed by atoms with Crippen molar-refractivity contribution in [3.8, 4) is 11.8 Å². The summed E-state index contributed by atoms with van der Waals surface area (Å²) in [5, 5.41) is 17.7. The van der Waals surface area contributed by atoms with E-state index in [9.17, 15) is 37.6 Å². The van der Waals surface area contributed by atoms with Gasteiger partial charge in [-0.3, -0.25) is 34.3 Å². The van der Waals surface area contributed by atoms with Gasteiger partial charge in [0.2, 0.25) is 17.7 Å². The van der Waals surface area contributed by atoms with Gasteiger partial charge in [0.25, 0.3) is 5.91 Å². The van der Waals surface area contributed by atoms with Crippen LogP contribution >= 0.6 is 25.0 Å². The number of thiol groups is 1. The number of aromatic nitrogens is 1. The molecule has 326 valence electrons. The minimum Gasteiger partial charge on any atom is -0.493 e. The number of pyridine rings is 1. The first kappa shape index (κ1) is 45.5. The normalized spacial score (nSPS) is 22.2. The second kappa shape index (κ2) is 18.1. The number of nitrogens with one attached hydrogen (secondary N) is 3. The predicted molar refractivity (Wildman–Crippen MR) is 230 cm³/mol. The first-order valence-corrected chi connectivity index (χ1v) is 20.8. The summed E-state index contributed by atoms with van der Waals surface area (Å²) in [7, 11) is 0. The Balaban J connectivity index is 0.00000622. The third kappa shape index (κ3) is 9.41. The number of amides is 4. The third-order valence-electron chi connectivity index (χ3n) is 12.3. The molecule has 4 aliphatic rings. The van der Waals surface area contributed by atoms with Crippen molar-refractivity contribution in [2.24, 2.45) is 5.92 Å². The van der Waals surface area contributed by atoms with Crippen molar-refractivity contribution in [3.63, 3.8) is 0 Å². The molecule has 1 aromatic heterocycles. The first-order chi connectivity index (χ1) is 28.5. The van der Waals surface area contributed by atoms with E-state index in [1.165, 1.54) is 11.0 Å². The minimum atomic E-state index is -4.83. The van der Waals surface area contributed by atoms with E-state index >= 15 is 0 Å². The van der Waals surface area contributed by atoms with Crippen LogP contribution in [0.3, 0.4) is 0 Å². The molecular formula is C43H50ClF3N8O5S. The maximum atomic E-state index is 14.0. The molecule has 3 saturated heterocycles. The predicted octanol–water partition coefficient (Wildman–Crippen LogP) is 7.06. The molecule has 7 rings (SSSR count). The maximum absolute atomic E-state index is 14.0. The fourth-order valence-corrected chi connectivity index (χ4v) is 9.53. The minimum absolute atomic E-state index is 0. The number of likely N-dealkylation sites (tertiary alicyclic amines) is 1. The van der Waals surface area contributed by atoms with Gasteiger partial charge in [0.05, 0.1) is 30.6 Å². The van der Waals surface area contributed by atoms with Gasteiger partial charge in [0.15, 0.2) is 11.2 Å². The van der Waals surface area contributed by atoms with Crippen LogP contribution in [0.25, 0.3) is 0 Å². The zero-order valence-corrected chi connectivity index (χ0v) is 35.9. The molecule has 4 fully saturated rings. The molecule has 0 bridgehead atoms. The highest BCUT2D eigenvalue weighted by molar-refractivity contribution is 7.81. The number of carbonyl (C=O) groups excluding carboxylic acids is 4. The molecule has 18 heteroatoms. The van der Waals surface area contributed by atoms with Gasteiger partial charge >= 0.3 is 6.18 Å². The molecule has 61 heavy (non-hydrogen) atoms. The van der Waals surface area contributed by atoms with Gasteiger partial charge in [-0.1, -0.05) is 13.0 Å². The summed E-state index contributed by atoms with van der Waals surface area (Å²) in [4.78, 5) is 60.0. The molecule has 3 atom stereocenters. The first-order valence-electron chi connectivity index (χ1n) is 20.3. The lowest BCUT2D eigenvalue weighted by atomic mass is 9.75. The summed E-state index contributed by atoms with van der Waals surface area (Å²) in [6, 6.07) is 14.6. The fourth-order valence-electron chi connectivity index (χ4n) is 8.94. The molecule has 4 heterocycles. The zero-order valence-electron chi connectivity index (χ0n) is 34.2. The van der Waals surface area contributed by atoms with Gasteiger partial charge in [-0.05, 0) is 126 Å². The highest BCUT2D eigenvalue weighted by Gasteiger charge is 2.60. The van der Waals surface area contributed by atoms with E-state index in [-0.39, 0.29) is 60.2 Å². The highest BCUT2D eigenvalue weighted by atomic mass is 35.5. The van der Waals surface area contributed by atoms with E-state index in [1.807, 2.05) is 36.1 Å². The number of halogens is 4. The van der Waals surface area contributed by atoms with Gasteiger partial charge in [-0.2, -0.15) is 18.4 Å². The summed E-state index contributed by atoms with van der Waals surface area (Å²) in [5.41, 5.74) is -1.24. The Morgan fingerprint density at radius 2 is 1.84 bits per heavy atom. The highest BCUT2D eigenvalue weighted by Crippen LogP contribution is 2.51. The number of benzene rings is 2. The SMILES string of the molecule is CCc1cc(N2[C@@H](S)N(c3cnc(C#N)c(C(F)(F)F)c3)C(=O)C23CCC3)ccc1OCC[C@@H]1CCN(CC(=O)Nc2cccc(NC3CCC(=O)NC3=O)c2)C(C)(C)C1.Cl. The number of nitriles is 1. The number of ether oxygens (including phenoxy) is 1. The van der Waals surface area contributed by atoms with Crippen molar-refractivity contribution in [2.45, 2.75) is 107 Å². The number of imide groups is 1. The zero-order chi connectivity index (χ0) is 43.0. The molecular weight excluding hydrogens is 833 g/mol. The Labute approximate surface area is 364 Å². The summed E-state index contributed by atoms with van der Waals surface area (Å²) < 4.78 is 47.9. The Kier molecular flexibility index (Phi) is 13.5. The molecule has 13 nitrogen and oxygen atoms in total. The Morgan fingerprint density at radius 3 is 2.49 bits per heavy atom. The van der Waals surface area contributed by atoms with Crippen LogP contribution in [0.1, 0.15) is 89.0 Å². The van der Waals surface area contributed by atoms with Gasteiger partial charge < -0.3 is 20.3 Å². The molecule has 3 aliphatic heterocycles. The van der Waals surface area contributed by atoms with Gasteiger partial charge in [-0.15, -0.1) is 25.0 Å². The molecule has 1 unspecified atom stereocenters. The van der Waals surface area contributed by atoms with Crippen LogP contribution < -0.4 is 30.5 Å². The molecule has 1 saturated carbocycles. The lowest BCUT2D eigenvalue weighted by molar-refractivity contribution is -0.138. The number of hydrogen-bond acceptors (Lipinski definition) is 11. The average Bonchev–Trinajstić information content (AvgIpc) is 3.42. The lowest BCUT2D eigenvalue weighted by Gasteiger charge is -2.45. The smallest absolute Gasteiger partial charge is 0.419 e. The van der Waals surface area contributed by atoms with Crippen molar-refractivity contribution in [1.29, 1.82) is 5.26 Å². The van der Waals surface area contributed by atoms with Crippen LogP contribution in [0, 0.1) is 17.2 Å². The van der Waals surface area contributed by atoms with E-state index in [4.69, 9.17) is 17.4 Å². The molecule has 1 spiro atoms. The van der Waals surface area contributed by atoms with E-state index in [1.54, 1.807) is 18.2 Å². The van der Waals surface area contributed by atoms with E-state index in [0.29, 0.717) is 55.3 Å². The Hall–Kier alpha value is -5.05. The number of alkyl halides is 3. The summed E-state index contributed by atoms with van der Waals surface area (Å²) >= 11 is 4.79. The number of aryl methyl sites for hydroxylation is 1. The molecule has 3 N–H and O–H groups in total. The van der Waals surface area contributed by atoms with Crippen LogP contribution in [-0.2, 0) is 31.8 Å². The lowest BCUT2D eigenvalue weighted by Crippen LogP contribution is -2.55. The van der Waals surface area contributed by atoms with E-state index in [2.05, 4.69) is 39.7 Å². The van der Waals surface area contributed by atoms with E-state index in [0.717, 1.165) is 55.8 Å². The quantitative estimate of drug-likeness (QED) is 0.110. The van der Waals surface area contributed by atoms with Crippen molar-refractivity contribution in [3.05, 3.63) is 71.5 Å². The fraction of sp³-hybridized carbons (Fsp3) is 0.488. The van der Waals surface area contributed by atoms with Crippen LogP contribution in [0.5, 0.6) is 5.75 Å².